The first-order valence-electron chi connectivity index (χ1n) is 11.7. The van der Waals surface area contributed by atoms with Gasteiger partial charge in [0.05, 0.1) is 29.6 Å². The molecule has 2 aromatic carbocycles. The summed E-state index contributed by atoms with van der Waals surface area (Å²) in [6.45, 7) is 11.9. The fourth-order valence-corrected chi connectivity index (χ4v) is 3.60. The van der Waals surface area contributed by atoms with Crippen LogP contribution in [-0.2, 0) is 11.2 Å². The molecule has 0 saturated carbocycles. The molecule has 3 aromatic rings. The van der Waals surface area contributed by atoms with Crippen LogP contribution in [0.1, 0.15) is 56.4 Å². The second-order valence-electron chi connectivity index (χ2n) is 8.86. The number of rotatable bonds is 10. The molecule has 0 aliphatic rings. The highest BCUT2D eigenvalue weighted by atomic mass is 16.5. The molecule has 0 bridgehead atoms. The summed E-state index contributed by atoms with van der Waals surface area (Å²) in [7, 11) is 0. The number of aromatic nitrogens is 1. The summed E-state index contributed by atoms with van der Waals surface area (Å²) >= 11 is 0. The second kappa shape index (κ2) is 11.7. The van der Waals surface area contributed by atoms with E-state index in [9.17, 15) is 4.79 Å². The first-order valence-corrected chi connectivity index (χ1v) is 11.7. The van der Waals surface area contributed by atoms with Gasteiger partial charge in [-0.05, 0) is 90.1 Å². The van der Waals surface area contributed by atoms with E-state index >= 15 is 0 Å². The van der Waals surface area contributed by atoms with Crippen molar-refractivity contribution in [3.8, 4) is 17.2 Å². The average molecular weight is 463 g/mol. The Kier molecular flexibility index (Phi) is 8.66. The number of hydrogen-bond acceptors (Lipinski definition) is 5. The largest absolute Gasteiger partial charge is 0.491 e. The van der Waals surface area contributed by atoms with Crippen LogP contribution in [0.4, 0.5) is 5.69 Å². The van der Waals surface area contributed by atoms with Crippen LogP contribution in [0.5, 0.6) is 17.2 Å². The molecule has 34 heavy (non-hydrogen) atoms. The third-order valence-corrected chi connectivity index (χ3v) is 4.91. The molecule has 0 aliphatic carbocycles. The van der Waals surface area contributed by atoms with Gasteiger partial charge in [0.25, 0.3) is 5.91 Å². The Balaban J connectivity index is 1.63. The van der Waals surface area contributed by atoms with Crippen LogP contribution in [0.15, 0.2) is 60.7 Å². The van der Waals surface area contributed by atoms with Crippen LogP contribution < -0.4 is 14.8 Å². The number of anilines is 1. The van der Waals surface area contributed by atoms with Gasteiger partial charge in [0.1, 0.15) is 17.2 Å². The second-order valence-corrected chi connectivity index (χ2v) is 8.86. The van der Waals surface area contributed by atoms with Crippen molar-refractivity contribution in [2.24, 2.45) is 0 Å². The van der Waals surface area contributed by atoms with Crippen LogP contribution in [-0.4, -0.2) is 29.2 Å². The first kappa shape index (κ1) is 25.2. The molecule has 6 heteroatoms. The Morgan fingerprint density at radius 1 is 0.882 bits per heavy atom. The molecule has 6 nitrogen and oxygen atoms in total. The highest BCUT2D eigenvalue weighted by molar-refractivity contribution is 6.05. The number of pyridine rings is 1. The summed E-state index contributed by atoms with van der Waals surface area (Å²) < 4.78 is 17.4. The maximum absolute atomic E-state index is 12.9. The van der Waals surface area contributed by atoms with Gasteiger partial charge in [-0.1, -0.05) is 6.07 Å². The number of aryl methyl sites for hydroxylation is 1. The lowest BCUT2D eigenvalue weighted by molar-refractivity contribution is 0.0190. The monoisotopic (exact) mass is 462 g/mol. The van der Waals surface area contributed by atoms with Gasteiger partial charge in [0.15, 0.2) is 0 Å². The van der Waals surface area contributed by atoms with Gasteiger partial charge in [-0.15, -0.1) is 0 Å². The van der Waals surface area contributed by atoms with E-state index in [2.05, 4.69) is 10.3 Å². The van der Waals surface area contributed by atoms with Crippen LogP contribution in [0.3, 0.4) is 0 Å². The number of benzene rings is 2. The highest BCUT2D eigenvalue weighted by Crippen LogP contribution is 2.26. The minimum atomic E-state index is -0.213. The van der Waals surface area contributed by atoms with E-state index in [1.54, 1.807) is 6.07 Å². The molecule has 0 aliphatic heterocycles. The van der Waals surface area contributed by atoms with Gasteiger partial charge in [-0.25, -0.2) is 0 Å². The number of nitrogens with zero attached hydrogens (tertiary/aromatic N) is 1. The Labute approximate surface area is 202 Å². The molecule has 0 spiro atoms. The molecule has 1 atom stereocenters. The molecule has 1 aromatic heterocycles. The van der Waals surface area contributed by atoms with Crippen LogP contribution in [0.25, 0.3) is 0 Å². The highest BCUT2D eigenvalue weighted by Gasteiger charge is 2.14. The molecule has 0 radical (unpaired) electrons. The zero-order valence-electron chi connectivity index (χ0n) is 20.8. The van der Waals surface area contributed by atoms with Gasteiger partial charge >= 0.3 is 0 Å². The molecule has 0 saturated heterocycles. The minimum absolute atomic E-state index is 0.0632. The van der Waals surface area contributed by atoms with E-state index in [-0.39, 0.29) is 24.2 Å². The van der Waals surface area contributed by atoms with Crippen molar-refractivity contribution in [3.05, 3.63) is 77.6 Å². The number of amides is 1. The van der Waals surface area contributed by atoms with E-state index in [1.807, 2.05) is 96.1 Å². The summed E-state index contributed by atoms with van der Waals surface area (Å²) in [6.07, 6.45) is 1.04. The van der Waals surface area contributed by atoms with Gasteiger partial charge in [0.2, 0.25) is 0 Å². The van der Waals surface area contributed by atoms with Crippen LogP contribution >= 0.6 is 0 Å². The molecule has 1 heterocycles. The Hall–Kier alpha value is -3.38. The van der Waals surface area contributed by atoms with Gasteiger partial charge in [-0.2, -0.15) is 0 Å². The van der Waals surface area contributed by atoms with Crippen molar-refractivity contribution in [3.63, 3.8) is 0 Å². The number of ether oxygens (including phenoxy) is 3. The zero-order chi connectivity index (χ0) is 24.7. The van der Waals surface area contributed by atoms with Crippen molar-refractivity contribution in [2.45, 2.75) is 66.3 Å². The smallest absolute Gasteiger partial charge is 0.257 e. The SMILES string of the molecule is Cc1nc(CC(C)OC(C)C)ccc1C(=O)Nc1cccc(Oc2ccc(OC(C)C)cc2)c1. The Morgan fingerprint density at radius 2 is 1.59 bits per heavy atom. The summed E-state index contributed by atoms with van der Waals surface area (Å²) in [6, 6.07) is 18.4. The van der Waals surface area contributed by atoms with Gasteiger partial charge < -0.3 is 19.5 Å². The summed E-state index contributed by atoms with van der Waals surface area (Å²) in [5, 5.41) is 2.94. The summed E-state index contributed by atoms with van der Waals surface area (Å²) in [5.41, 5.74) is 2.77. The van der Waals surface area contributed by atoms with E-state index in [1.165, 1.54) is 0 Å². The van der Waals surface area contributed by atoms with E-state index in [4.69, 9.17) is 14.2 Å². The maximum atomic E-state index is 12.9. The summed E-state index contributed by atoms with van der Waals surface area (Å²) in [5.74, 6) is 1.89. The number of carbonyl (C=O) groups is 1. The lowest BCUT2D eigenvalue weighted by Crippen LogP contribution is -2.18. The third kappa shape index (κ3) is 7.59. The predicted octanol–water partition coefficient (Wildman–Crippen LogP) is 6.58. The molecule has 0 fully saturated rings. The van der Waals surface area contributed by atoms with Crippen molar-refractivity contribution in [1.29, 1.82) is 0 Å². The summed E-state index contributed by atoms with van der Waals surface area (Å²) in [4.78, 5) is 17.5. The molecular formula is C28H34N2O4. The third-order valence-electron chi connectivity index (χ3n) is 4.91. The fourth-order valence-electron chi connectivity index (χ4n) is 3.60. The first-order chi connectivity index (χ1) is 16.2. The molecule has 3 rings (SSSR count). The molecule has 1 N–H and O–H groups in total. The van der Waals surface area contributed by atoms with Crippen molar-refractivity contribution >= 4 is 11.6 Å². The quantitative estimate of drug-likeness (QED) is 0.369. The minimum Gasteiger partial charge on any atom is -0.491 e. The van der Waals surface area contributed by atoms with Crippen LogP contribution in [0, 0.1) is 6.92 Å². The predicted molar refractivity (Wildman–Crippen MR) is 135 cm³/mol. The Morgan fingerprint density at radius 3 is 2.24 bits per heavy atom. The van der Waals surface area contributed by atoms with Gasteiger partial charge in [0, 0.05) is 23.9 Å². The lowest BCUT2D eigenvalue weighted by Gasteiger charge is -2.16. The fraction of sp³-hybridized carbons (Fsp3) is 0.357. The number of nitrogens with one attached hydrogen (secondary N) is 1. The standard InChI is InChI=1S/C28H34N2O4/c1-18(2)32-20(5)16-23-10-15-27(21(6)29-23)28(31)30-22-8-7-9-26(17-22)34-25-13-11-24(12-14-25)33-19(3)4/h7-15,17-20H,16H2,1-6H3,(H,30,31). The zero-order valence-corrected chi connectivity index (χ0v) is 20.8. The molecular weight excluding hydrogens is 428 g/mol. The normalized spacial score (nSPS) is 12.0. The van der Waals surface area contributed by atoms with E-state index in [0.29, 0.717) is 34.9 Å². The number of carbonyl (C=O) groups excluding carboxylic acids is 1. The van der Waals surface area contributed by atoms with Gasteiger partial charge in [-0.3, -0.25) is 9.78 Å². The maximum Gasteiger partial charge on any atom is 0.257 e. The molecule has 1 unspecified atom stereocenters. The number of hydrogen-bond donors (Lipinski definition) is 1. The molecule has 180 valence electrons. The molecule has 1 amide bonds. The topological polar surface area (TPSA) is 69.7 Å². The lowest BCUT2D eigenvalue weighted by atomic mass is 10.1. The van der Waals surface area contributed by atoms with Crippen LogP contribution in [0.2, 0.25) is 0 Å². The average Bonchev–Trinajstić information content (AvgIpc) is 2.74. The van der Waals surface area contributed by atoms with E-state index in [0.717, 1.165) is 11.4 Å². The van der Waals surface area contributed by atoms with Crippen molar-refractivity contribution < 1.29 is 19.0 Å². The Bertz CT molecular complexity index is 1090. The van der Waals surface area contributed by atoms with Crippen molar-refractivity contribution in [1.82, 2.24) is 4.98 Å². The van der Waals surface area contributed by atoms with E-state index < -0.39 is 0 Å². The van der Waals surface area contributed by atoms with Crippen molar-refractivity contribution in [2.75, 3.05) is 5.32 Å².